The molecule has 1 fully saturated rings. The molecule has 2 atom stereocenters. The van der Waals surface area contributed by atoms with Crippen molar-refractivity contribution < 1.29 is 4.43 Å². The molecule has 0 saturated heterocycles. The van der Waals surface area contributed by atoms with E-state index in [0.29, 0.717) is 0 Å². The molecular weight excluding hydrogens is 284 g/mol. The molecule has 1 rings (SSSR count). The Kier molecular flexibility index (Phi) is 8.70. The Hall–Kier alpha value is -0.343. The van der Waals surface area contributed by atoms with Gasteiger partial charge in [-0.2, -0.15) is 0 Å². The van der Waals surface area contributed by atoms with Crippen LogP contribution < -0.4 is 0 Å². The van der Waals surface area contributed by atoms with Crippen LogP contribution in [0.15, 0.2) is 25.3 Å². The maximum atomic E-state index is 7.14. The van der Waals surface area contributed by atoms with Gasteiger partial charge in [0.2, 0.25) is 0 Å². The molecule has 2 heteroatoms. The molecule has 0 aromatic heterocycles. The lowest BCUT2D eigenvalue weighted by Gasteiger charge is -2.49. The number of rotatable bonds is 11. The Morgan fingerprint density at radius 2 is 1.77 bits per heavy atom. The lowest BCUT2D eigenvalue weighted by Crippen LogP contribution is -2.52. The SMILES string of the molecule is C=CCCC[C@H]1CCCC[C@]1(CC=C)O[Si](CC)(CC)CC. The Bertz CT molecular complexity index is 326. The van der Waals surface area contributed by atoms with E-state index < -0.39 is 8.32 Å². The van der Waals surface area contributed by atoms with Gasteiger partial charge in [0.25, 0.3) is 0 Å². The molecule has 1 aliphatic rings. The second-order valence-corrected chi connectivity index (χ2v) is 11.8. The zero-order chi connectivity index (χ0) is 16.5. The number of allylic oxidation sites excluding steroid dienone is 1. The minimum absolute atomic E-state index is 0.0927. The van der Waals surface area contributed by atoms with E-state index >= 15 is 0 Å². The summed E-state index contributed by atoms with van der Waals surface area (Å²) >= 11 is 0. The van der Waals surface area contributed by atoms with Crippen molar-refractivity contribution in [2.24, 2.45) is 5.92 Å². The first kappa shape index (κ1) is 19.7. The third-order valence-electron chi connectivity index (χ3n) is 5.95. The van der Waals surface area contributed by atoms with Gasteiger partial charge in [-0.3, -0.25) is 0 Å². The van der Waals surface area contributed by atoms with Crippen LogP contribution in [0.3, 0.4) is 0 Å². The highest BCUT2D eigenvalue weighted by molar-refractivity contribution is 6.73. The summed E-state index contributed by atoms with van der Waals surface area (Å²) in [7, 11) is -1.57. The van der Waals surface area contributed by atoms with Gasteiger partial charge in [0.15, 0.2) is 8.32 Å². The maximum Gasteiger partial charge on any atom is 0.192 e. The highest BCUT2D eigenvalue weighted by Crippen LogP contribution is 2.45. The van der Waals surface area contributed by atoms with Gasteiger partial charge >= 0.3 is 0 Å². The van der Waals surface area contributed by atoms with Crippen molar-refractivity contribution in [2.45, 2.75) is 95.9 Å². The van der Waals surface area contributed by atoms with Gasteiger partial charge in [-0.15, -0.1) is 13.2 Å². The smallest absolute Gasteiger partial charge is 0.192 e. The summed E-state index contributed by atoms with van der Waals surface area (Å²) in [5.74, 6) is 0.718. The first-order valence-electron chi connectivity index (χ1n) is 9.54. The summed E-state index contributed by atoms with van der Waals surface area (Å²) in [6.45, 7) is 15.0. The molecule has 0 spiro atoms. The molecule has 0 amide bonds. The van der Waals surface area contributed by atoms with Crippen LogP contribution in [0.1, 0.15) is 72.1 Å². The van der Waals surface area contributed by atoms with Gasteiger partial charge in [0, 0.05) is 0 Å². The normalized spacial score (nSPS) is 25.9. The van der Waals surface area contributed by atoms with Crippen LogP contribution in [0.5, 0.6) is 0 Å². The summed E-state index contributed by atoms with van der Waals surface area (Å²) < 4.78 is 7.14. The minimum Gasteiger partial charge on any atom is -0.411 e. The van der Waals surface area contributed by atoms with E-state index in [1.165, 1.54) is 56.7 Å². The van der Waals surface area contributed by atoms with Crippen molar-refractivity contribution in [3.63, 3.8) is 0 Å². The van der Waals surface area contributed by atoms with Gasteiger partial charge in [0.1, 0.15) is 0 Å². The zero-order valence-electron chi connectivity index (χ0n) is 15.3. The highest BCUT2D eigenvalue weighted by atomic mass is 28.4. The van der Waals surface area contributed by atoms with Crippen LogP contribution in [-0.4, -0.2) is 13.9 Å². The fraction of sp³-hybridized carbons (Fsp3) is 0.800. The van der Waals surface area contributed by atoms with Crippen molar-refractivity contribution in [1.29, 1.82) is 0 Å². The Labute approximate surface area is 140 Å². The molecular formula is C20H38OSi. The minimum atomic E-state index is -1.57. The monoisotopic (exact) mass is 322 g/mol. The predicted octanol–water partition coefficient (Wildman–Crippen LogP) is 6.87. The quantitative estimate of drug-likeness (QED) is 0.229. The van der Waals surface area contributed by atoms with Crippen molar-refractivity contribution in [3.8, 4) is 0 Å². The Morgan fingerprint density at radius 3 is 2.32 bits per heavy atom. The standard InChI is InChI=1S/C20H38OSi/c1-6-11-12-15-19-16-13-14-18-20(19,17-7-2)21-22(8-3,9-4)10-5/h6-7,19H,1-2,8-18H2,3-5H3/t19-,20-/m0/s1. The molecule has 0 bridgehead atoms. The van der Waals surface area contributed by atoms with Crippen molar-refractivity contribution in [2.75, 3.05) is 0 Å². The number of unbranched alkanes of at least 4 members (excludes halogenated alkanes) is 1. The molecule has 128 valence electrons. The summed E-state index contributed by atoms with van der Waals surface area (Å²) in [5.41, 5.74) is 0.0927. The first-order valence-corrected chi connectivity index (χ1v) is 12.1. The van der Waals surface area contributed by atoms with Gasteiger partial charge in [-0.1, -0.05) is 45.8 Å². The van der Waals surface area contributed by atoms with E-state index in [2.05, 4.69) is 46.1 Å². The Balaban J connectivity index is 2.96. The zero-order valence-corrected chi connectivity index (χ0v) is 16.3. The third-order valence-corrected chi connectivity index (χ3v) is 10.7. The molecule has 0 radical (unpaired) electrons. The average Bonchev–Trinajstić information content (AvgIpc) is 2.55. The molecule has 1 aliphatic carbocycles. The lowest BCUT2D eigenvalue weighted by molar-refractivity contribution is -0.0355. The molecule has 0 unspecified atom stereocenters. The number of hydrogen-bond acceptors (Lipinski definition) is 1. The number of hydrogen-bond donors (Lipinski definition) is 0. The molecule has 0 aromatic rings. The van der Waals surface area contributed by atoms with Gasteiger partial charge in [-0.05, 0) is 62.6 Å². The fourth-order valence-corrected chi connectivity index (χ4v) is 7.43. The largest absolute Gasteiger partial charge is 0.411 e. The average molecular weight is 323 g/mol. The van der Waals surface area contributed by atoms with E-state index in [9.17, 15) is 0 Å². The highest BCUT2D eigenvalue weighted by Gasteiger charge is 2.45. The van der Waals surface area contributed by atoms with E-state index in [4.69, 9.17) is 4.43 Å². The van der Waals surface area contributed by atoms with Gasteiger partial charge in [-0.25, -0.2) is 0 Å². The van der Waals surface area contributed by atoms with Crippen molar-refractivity contribution in [1.82, 2.24) is 0 Å². The molecule has 0 aromatic carbocycles. The summed E-state index contributed by atoms with van der Waals surface area (Å²) in [6.07, 6.45) is 14.2. The van der Waals surface area contributed by atoms with Crippen LogP contribution in [0.2, 0.25) is 18.1 Å². The molecule has 0 aliphatic heterocycles. The van der Waals surface area contributed by atoms with E-state index in [0.717, 1.165) is 18.8 Å². The van der Waals surface area contributed by atoms with Gasteiger partial charge < -0.3 is 4.43 Å². The third kappa shape index (κ3) is 4.83. The van der Waals surface area contributed by atoms with Crippen LogP contribution in [0.25, 0.3) is 0 Å². The topological polar surface area (TPSA) is 9.23 Å². The molecule has 0 N–H and O–H groups in total. The first-order chi connectivity index (χ1) is 10.6. The summed E-state index contributed by atoms with van der Waals surface area (Å²) in [6, 6.07) is 3.74. The van der Waals surface area contributed by atoms with Crippen LogP contribution >= 0.6 is 0 Å². The Morgan fingerprint density at radius 1 is 1.09 bits per heavy atom. The van der Waals surface area contributed by atoms with Crippen LogP contribution in [0, 0.1) is 5.92 Å². The van der Waals surface area contributed by atoms with E-state index in [1.54, 1.807) is 0 Å². The van der Waals surface area contributed by atoms with Gasteiger partial charge in [0.05, 0.1) is 5.60 Å². The lowest BCUT2D eigenvalue weighted by atomic mass is 9.71. The fourth-order valence-electron chi connectivity index (χ4n) is 4.28. The van der Waals surface area contributed by atoms with E-state index in [1.807, 2.05) is 0 Å². The van der Waals surface area contributed by atoms with Crippen molar-refractivity contribution in [3.05, 3.63) is 25.3 Å². The summed E-state index contributed by atoms with van der Waals surface area (Å²) in [4.78, 5) is 0. The summed E-state index contributed by atoms with van der Waals surface area (Å²) in [5, 5.41) is 0. The maximum absolute atomic E-state index is 7.14. The molecule has 1 nitrogen and oxygen atoms in total. The molecule has 1 saturated carbocycles. The molecule has 22 heavy (non-hydrogen) atoms. The second kappa shape index (κ2) is 9.72. The second-order valence-electron chi connectivity index (χ2n) is 7.07. The van der Waals surface area contributed by atoms with Crippen LogP contribution in [0.4, 0.5) is 0 Å². The van der Waals surface area contributed by atoms with Crippen molar-refractivity contribution >= 4 is 8.32 Å². The van der Waals surface area contributed by atoms with E-state index in [-0.39, 0.29) is 5.60 Å². The molecule has 0 heterocycles. The van der Waals surface area contributed by atoms with Crippen LogP contribution in [-0.2, 0) is 4.43 Å². The predicted molar refractivity (Wildman–Crippen MR) is 102 cm³/mol.